The van der Waals surface area contributed by atoms with Gasteiger partial charge in [-0.05, 0) is 26.0 Å². The third-order valence-electron chi connectivity index (χ3n) is 4.32. The summed E-state index contributed by atoms with van der Waals surface area (Å²) >= 11 is 0. The number of nitrogens with one attached hydrogen (secondary N) is 1. The standard InChI is InChI=1S/C15H17F2N5O3S/c1-9-8-22(26(24,25)14-11(16)4-3-5-12(14)17)10(2)7-21(9)15(23)13-6-18-20-19-13/h3-6,9-10H,7-8H2,1-2H3,(H,18,19,20)/t9-,10+/m0/s1. The molecule has 26 heavy (non-hydrogen) atoms. The highest BCUT2D eigenvalue weighted by molar-refractivity contribution is 7.89. The van der Waals surface area contributed by atoms with Crippen LogP contribution in [0.5, 0.6) is 0 Å². The largest absolute Gasteiger partial charge is 0.332 e. The van der Waals surface area contributed by atoms with E-state index in [0.29, 0.717) is 0 Å². The molecule has 0 unspecified atom stereocenters. The van der Waals surface area contributed by atoms with Crippen molar-refractivity contribution in [3.8, 4) is 0 Å². The molecule has 1 saturated heterocycles. The number of piperazine rings is 1. The van der Waals surface area contributed by atoms with E-state index in [1.165, 1.54) is 11.1 Å². The van der Waals surface area contributed by atoms with Gasteiger partial charge in [0.15, 0.2) is 4.90 Å². The quantitative estimate of drug-likeness (QED) is 0.850. The molecule has 1 aromatic heterocycles. The Morgan fingerprint density at radius 2 is 1.85 bits per heavy atom. The number of rotatable bonds is 3. The van der Waals surface area contributed by atoms with Crippen LogP contribution < -0.4 is 0 Å². The van der Waals surface area contributed by atoms with Crippen LogP contribution in [-0.4, -0.2) is 64.1 Å². The fraction of sp³-hybridized carbons (Fsp3) is 0.400. The molecule has 2 heterocycles. The lowest BCUT2D eigenvalue weighted by Gasteiger charge is -2.43. The van der Waals surface area contributed by atoms with Crippen molar-refractivity contribution >= 4 is 15.9 Å². The van der Waals surface area contributed by atoms with Gasteiger partial charge in [-0.25, -0.2) is 17.2 Å². The molecule has 0 spiro atoms. The van der Waals surface area contributed by atoms with Gasteiger partial charge in [0.05, 0.1) is 6.20 Å². The minimum atomic E-state index is -4.40. The van der Waals surface area contributed by atoms with Crippen LogP contribution in [0.3, 0.4) is 0 Å². The van der Waals surface area contributed by atoms with Crippen molar-refractivity contribution in [2.45, 2.75) is 30.8 Å². The van der Waals surface area contributed by atoms with E-state index in [-0.39, 0.29) is 24.7 Å². The number of benzene rings is 1. The zero-order chi connectivity index (χ0) is 19.1. The fourth-order valence-corrected chi connectivity index (χ4v) is 4.83. The fourth-order valence-electron chi connectivity index (χ4n) is 3.01. The van der Waals surface area contributed by atoms with Crippen LogP contribution in [-0.2, 0) is 10.0 Å². The van der Waals surface area contributed by atoms with E-state index in [0.717, 1.165) is 22.5 Å². The normalized spacial score (nSPS) is 21.8. The molecular weight excluding hydrogens is 368 g/mol. The lowest BCUT2D eigenvalue weighted by Crippen LogP contribution is -2.59. The van der Waals surface area contributed by atoms with Gasteiger partial charge in [0, 0.05) is 25.2 Å². The number of aromatic amines is 1. The molecule has 1 fully saturated rings. The summed E-state index contributed by atoms with van der Waals surface area (Å²) in [6.07, 6.45) is 1.28. The molecule has 3 rings (SSSR count). The molecule has 0 radical (unpaired) electrons. The molecular formula is C15H17F2N5O3S. The third-order valence-corrected chi connectivity index (χ3v) is 6.35. The van der Waals surface area contributed by atoms with Gasteiger partial charge in [-0.3, -0.25) is 9.89 Å². The summed E-state index contributed by atoms with van der Waals surface area (Å²) < 4.78 is 54.6. The molecule has 1 aromatic carbocycles. The van der Waals surface area contributed by atoms with Crippen molar-refractivity contribution in [1.29, 1.82) is 0 Å². The zero-order valence-electron chi connectivity index (χ0n) is 14.1. The second-order valence-corrected chi connectivity index (χ2v) is 7.98. The van der Waals surface area contributed by atoms with Gasteiger partial charge in [-0.2, -0.15) is 4.31 Å². The molecule has 8 nitrogen and oxygen atoms in total. The third kappa shape index (κ3) is 3.07. The van der Waals surface area contributed by atoms with Crippen LogP contribution in [0.25, 0.3) is 0 Å². The van der Waals surface area contributed by atoms with Crippen molar-refractivity contribution in [2.75, 3.05) is 13.1 Å². The van der Waals surface area contributed by atoms with E-state index in [1.807, 2.05) is 0 Å². The summed E-state index contributed by atoms with van der Waals surface area (Å²) in [5, 5.41) is 9.50. The highest BCUT2D eigenvalue weighted by Crippen LogP contribution is 2.28. The van der Waals surface area contributed by atoms with Crippen LogP contribution in [0.2, 0.25) is 0 Å². The van der Waals surface area contributed by atoms with Gasteiger partial charge in [0.25, 0.3) is 5.91 Å². The SMILES string of the molecule is C[C@@H]1CN(C(=O)c2cnn[nH]2)[C@@H](C)CN1S(=O)(=O)c1c(F)cccc1F. The number of H-pyrrole nitrogens is 1. The number of hydrogen-bond donors (Lipinski definition) is 1. The molecule has 1 aliphatic heterocycles. The van der Waals surface area contributed by atoms with E-state index in [1.54, 1.807) is 13.8 Å². The van der Waals surface area contributed by atoms with E-state index >= 15 is 0 Å². The first-order valence-corrected chi connectivity index (χ1v) is 9.30. The molecule has 0 aliphatic carbocycles. The van der Waals surface area contributed by atoms with Crippen LogP contribution >= 0.6 is 0 Å². The van der Waals surface area contributed by atoms with Gasteiger partial charge < -0.3 is 4.90 Å². The van der Waals surface area contributed by atoms with Crippen LogP contribution in [0.15, 0.2) is 29.3 Å². The predicted octanol–water partition coefficient (Wildman–Crippen LogP) is 1.01. The first-order chi connectivity index (χ1) is 12.2. The van der Waals surface area contributed by atoms with E-state index in [2.05, 4.69) is 15.4 Å². The summed E-state index contributed by atoms with van der Waals surface area (Å²) in [6.45, 7) is 3.21. The molecule has 0 saturated carbocycles. The summed E-state index contributed by atoms with van der Waals surface area (Å²) in [6, 6.07) is 1.72. The highest BCUT2D eigenvalue weighted by Gasteiger charge is 2.41. The minimum absolute atomic E-state index is 0.0638. The number of aromatic nitrogens is 3. The van der Waals surface area contributed by atoms with Crippen LogP contribution in [0, 0.1) is 11.6 Å². The predicted molar refractivity (Wildman–Crippen MR) is 86.6 cm³/mol. The number of nitrogens with zero attached hydrogens (tertiary/aromatic N) is 4. The molecule has 1 N–H and O–H groups in total. The second kappa shape index (κ2) is 6.72. The van der Waals surface area contributed by atoms with Gasteiger partial charge >= 0.3 is 0 Å². The second-order valence-electron chi connectivity index (χ2n) is 6.15. The number of halogens is 2. The Labute approximate surface area is 148 Å². The summed E-state index contributed by atoms with van der Waals surface area (Å²) in [5.41, 5.74) is 0.181. The highest BCUT2D eigenvalue weighted by atomic mass is 32.2. The number of amides is 1. The van der Waals surface area contributed by atoms with Crippen molar-refractivity contribution < 1.29 is 22.0 Å². The van der Waals surface area contributed by atoms with E-state index < -0.39 is 38.6 Å². The average molecular weight is 385 g/mol. The lowest BCUT2D eigenvalue weighted by atomic mass is 10.1. The lowest BCUT2D eigenvalue weighted by molar-refractivity contribution is 0.0500. The number of carbonyl (C=O) groups excluding carboxylic acids is 1. The van der Waals surface area contributed by atoms with E-state index in [9.17, 15) is 22.0 Å². The maximum atomic E-state index is 14.0. The number of hydrogen-bond acceptors (Lipinski definition) is 5. The smallest absolute Gasteiger partial charge is 0.273 e. The van der Waals surface area contributed by atoms with Gasteiger partial charge in [-0.15, -0.1) is 5.10 Å². The van der Waals surface area contributed by atoms with Crippen LogP contribution in [0.1, 0.15) is 24.3 Å². The van der Waals surface area contributed by atoms with Gasteiger partial charge in [0.2, 0.25) is 10.0 Å². The Hall–Kier alpha value is -2.40. The molecule has 0 bridgehead atoms. The minimum Gasteiger partial charge on any atom is -0.332 e. The summed E-state index contributed by atoms with van der Waals surface area (Å²) in [7, 11) is -4.40. The molecule has 2 atom stereocenters. The number of sulfonamides is 1. The van der Waals surface area contributed by atoms with Gasteiger partial charge in [-0.1, -0.05) is 11.3 Å². The average Bonchev–Trinajstić information content (AvgIpc) is 3.10. The molecule has 2 aromatic rings. The maximum absolute atomic E-state index is 14.0. The van der Waals surface area contributed by atoms with E-state index in [4.69, 9.17) is 0 Å². The topological polar surface area (TPSA) is 99.3 Å². The van der Waals surface area contributed by atoms with Crippen molar-refractivity contribution in [2.24, 2.45) is 0 Å². The Balaban J connectivity index is 1.89. The molecule has 1 aliphatic rings. The Morgan fingerprint density at radius 1 is 1.19 bits per heavy atom. The zero-order valence-corrected chi connectivity index (χ0v) is 14.9. The van der Waals surface area contributed by atoms with Crippen LogP contribution in [0.4, 0.5) is 8.78 Å². The Bertz CT molecular complexity index is 899. The number of carbonyl (C=O) groups is 1. The molecule has 140 valence electrons. The van der Waals surface area contributed by atoms with Crippen molar-refractivity contribution in [3.05, 3.63) is 41.7 Å². The molecule has 11 heteroatoms. The first kappa shape index (κ1) is 18.4. The van der Waals surface area contributed by atoms with Gasteiger partial charge in [0.1, 0.15) is 17.3 Å². The Kier molecular flexibility index (Phi) is 4.76. The first-order valence-electron chi connectivity index (χ1n) is 7.86. The summed E-state index contributed by atoms with van der Waals surface area (Å²) in [4.78, 5) is 13.0. The molecule has 1 amide bonds. The maximum Gasteiger partial charge on any atom is 0.273 e. The monoisotopic (exact) mass is 385 g/mol. The van der Waals surface area contributed by atoms with Crippen molar-refractivity contribution in [1.82, 2.24) is 24.6 Å². The van der Waals surface area contributed by atoms with Crippen molar-refractivity contribution in [3.63, 3.8) is 0 Å². The summed E-state index contributed by atoms with van der Waals surface area (Å²) in [5.74, 6) is -2.66. The Morgan fingerprint density at radius 3 is 2.42 bits per heavy atom.